The van der Waals surface area contributed by atoms with Crippen LogP contribution < -0.4 is 11.5 Å². The monoisotopic (exact) mass is 380 g/mol. The minimum absolute atomic E-state index is 0.138. The molecule has 0 aliphatic heterocycles. The molecule has 142 valence electrons. The summed E-state index contributed by atoms with van der Waals surface area (Å²) in [5, 5.41) is 0. The quantitative estimate of drug-likeness (QED) is 0.580. The van der Waals surface area contributed by atoms with Crippen molar-refractivity contribution in [2.45, 2.75) is 30.4 Å². The Labute approximate surface area is 144 Å². The van der Waals surface area contributed by atoms with Crippen molar-refractivity contribution in [3.05, 3.63) is 59.7 Å². The van der Waals surface area contributed by atoms with Gasteiger partial charge in [0, 0.05) is 11.4 Å². The standard InChI is InChI=1S/C17H15F7N2/c1-14(10-2-6-12(25)7-3-10,11-4-8-13(26)9-5-11)15(18,19)16(20,21)17(22,23)24/h2-9H,25-26H2,1H3. The lowest BCUT2D eigenvalue weighted by Gasteiger charge is -2.42. The zero-order valence-electron chi connectivity index (χ0n) is 13.4. The van der Waals surface area contributed by atoms with E-state index in [0.29, 0.717) is 6.92 Å². The van der Waals surface area contributed by atoms with Gasteiger partial charge in [-0.2, -0.15) is 30.7 Å². The lowest BCUT2D eigenvalue weighted by Crippen LogP contribution is -2.61. The lowest BCUT2D eigenvalue weighted by molar-refractivity contribution is -0.365. The molecular weight excluding hydrogens is 365 g/mol. The fourth-order valence-corrected chi connectivity index (χ4v) is 2.65. The molecule has 4 N–H and O–H groups in total. The van der Waals surface area contributed by atoms with E-state index in [1.165, 1.54) is 0 Å². The van der Waals surface area contributed by atoms with Crippen molar-refractivity contribution >= 4 is 11.4 Å². The van der Waals surface area contributed by atoms with Gasteiger partial charge in [0.25, 0.3) is 0 Å². The molecule has 0 bridgehead atoms. The number of benzene rings is 2. The highest BCUT2D eigenvalue weighted by Gasteiger charge is 2.78. The van der Waals surface area contributed by atoms with Gasteiger partial charge >= 0.3 is 18.0 Å². The Hall–Kier alpha value is -2.45. The smallest absolute Gasteiger partial charge is 0.399 e. The molecule has 0 heterocycles. The van der Waals surface area contributed by atoms with Crippen LogP contribution in [0.25, 0.3) is 0 Å². The number of anilines is 2. The number of alkyl halides is 7. The molecule has 0 fully saturated rings. The van der Waals surface area contributed by atoms with Crippen molar-refractivity contribution in [2.75, 3.05) is 11.5 Å². The molecule has 0 saturated carbocycles. The van der Waals surface area contributed by atoms with E-state index in [1.807, 2.05) is 0 Å². The van der Waals surface area contributed by atoms with Crippen LogP contribution in [0, 0.1) is 0 Å². The Balaban J connectivity index is 2.79. The van der Waals surface area contributed by atoms with E-state index in [-0.39, 0.29) is 11.4 Å². The number of halogens is 7. The Morgan fingerprint density at radius 3 is 1.15 bits per heavy atom. The first-order chi connectivity index (χ1) is 11.7. The normalized spacial score (nSPS) is 13.7. The molecule has 0 atom stereocenters. The third-order valence-corrected chi connectivity index (χ3v) is 4.35. The predicted molar refractivity (Wildman–Crippen MR) is 84.1 cm³/mol. The summed E-state index contributed by atoms with van der Waals surface area (Å²) in [6.07, 6.45) is -6.45. The molecule has 26 heavy (non-hydrogen) atoms. The van der Waals surface area contributed by atoms with Crippen molar-refractivity contribution in [2.24, 2.45) is 0 Å². The van der Waals surface area contributed by atoms with Crippen molar-refractivity contribution in [3.8, 4) is 0 Å². The van der Waals surface area contributed by atoms with Crippen molar-refractivity contribution in [3.63, 3.8) is 0 Å². The summed E-state index contributed by atoms with van der Waals surface area (Å²) in [6.45, 7) is 0.629. The second-order valence-corrected chi connectivity index (χ2v) is 6.02. The van der Waals surface area contributed by atoms with Crippen LogP contribution in [-0.2, 0) is 5.41 Å². The zero-order valence-corrected chi connectivity index (χ0v) is 13.4. The summed E-state index contributed by atoms with van der Waals surface area (Å²) < 4.78 is 95.4. The SMILES string of the molecule is CC(c1ccc(N)cc1)(c1ccc(N)cc1)C(F)(F)C(F)(F)C(F)(F)F. The van der Waals surface area contributed by atoms with Crippen molar-refractivity contribution < 1.29 is 30.7 Å². The molecule has 2 nitrogen and oxygen atoms in total. The van der Waals surface area contributed by atoms with Crippen molar-refractivity contribution in [1.29, 1.82) is 0 Å². The second-order valence-electron chi connectivity index (χ2n) is 6.02. The largest absolute Gasteiger partial charge is 0.459 e. The minimum atomic E-state index is -6.45. The molecule has 0 radical (unpaired) electrons. The van der Waals surface area contributed by atoms with Gasteiger partial charge in [-0.05, 0) is 42.3 Å². The summed E-state index contributed by atoms with van der Waals surface area (Å²) in [7, 11) is 0. The topological polar surface area (TPSA) is 52.0 Å². The number of nitrogen functional groups attached to an aromatic ring is 2. The summed E-state index contributed by atoms with van der Waals surface area (Å²) in [4.78, 5) is 0. The van der Waals surface area contributed by atoms with Crippen LogP contribution in [0.15, 0.2) is 48.5 Å². The fraction of sp³-hybridized carbons (Fsp3) is 0.294. The van der Waals surface area contributed by atoms with Gasteiger partial charge in [0.1, 0.15) is 0 Å². The maximum absolute atomic E-state index is 14.8. The van der Waals surface area contributed by atoms with Gasteiger partial charge in [0.05, 0.1) is 5.41 Å². The van der Waals surface area contributed by atoms with E-state index in [1.54, 1.807) is 0 Å². The van der Waals surface area contributed by atoms with Crippen LogP contribution in [-0.4, -0.2) is 18.0 Å². The number of rotatable bonds is 4. The van der Waals surface area contributed by atoms with Gasteiger partial charge < -0.3 is 11.5 Å². The molecule has 2 rings (SSSR count). The Morgan fingerprint density at radius 1 is 0.577 bits per heavy atom. The predicted octanol–water partition coefficient (Wildman–Crippen LogP) is 4.99. The van der Waals surface area contributed by atoms with E-state index in [9.17, 15) is 30.7 Å². The maximum atomic E-state index is 14.8. The molecule has 0 spiro atoms. The number of hydrogen-bond acceptors (Lipinski definition) is 2. The van der Waals surface area contributed by atoms with Gasteiger partial charge in [-0.25, -0.2) is 0 Å². The molecule has 0 aliphatic rings. The minimum Gasteiger partial charge on any atom is -0.399 e. The molecule has 0 aromatic heterocycles. The van der Waals surface area contributed by atoms with Crippen LogP contribution in [0.3, 0.4) is 0 Å². The second kappa shape index (κ2) is 6.07. The van der Waals surface area contributed by atoms with E-state index >= 15 is 0 Å². The molecule has 0 saturated heterocycles. The average molecular weight is 380 g/mol. The molecule has 2 aromatic rings. The summed E-state index contributed by atoms with van der Waals surface area (Å²) in [6, 6.07) is 8.55. The molecule has 0 aliphatic carbocycles. The van der Waals surface area contributed by atoms with Gasteiger partial charge in [-0.3, -0.25) is 0 Å². The zero-order chi connectivity index (χ0) is 20.0. The molecule has 0 unspecified atom stereocenters. The number of hydrogen-bond donors (Lipinski definition) is 2. The average Bonchev–Trinajstić information content (AvgIpc) is 2.54. The third kappa shape index (κ3) is 2.85. The first-order valence-corrected chi connectivity index (χ1v) is 7.29. The van der Waals surface area contributed by atoms with E-state index in [0.717, 1.165) is 48.5 Å². The maximum Gasteiger partial charge on any atom is 0.459 e. The molecular formula is C17H15F7N2. The first-order valence-electron chi connectivity index (χ1n) is 7.29. The van der Waals surface area contributed by atoms with Crippen LogP contribution in [0.1, 0.15) is 18.1 Å². The lowest BCUT2D eigenvalue weighted by atomic mass is 9.69. The third-order valence-electron chi connectivity index (χ3n) is 4.35. The molecule has 2 aromatic carbocycles. The molecule has 9 heteroatoms. The van der Waals surface area contributed by atoms with E-state index < -0.39 is 34.6 Å². The fourth-order valence-electron chi connectivity index (χ4n) is 2.65. The van der Waals surface area contributed by atoms with Gasteiger partial charge in [-0.15, -0.1) is 0 Å². The van der Waals surface area contributed by atoms with Crippen molar-refractivity contribution in [1.82, 2.24) is 0 Å². The van der Waals surface area contributed by atoms with Gasteiger partial charge in [0.15, 0.2) is 0 Å². The van der Waals surface area contributed by atoms with Crippen LogP contribution in [0.4, 0.5) is 42.1 Å². The summed E-state index contributed by atoms with van der Waals surface area (Å²) in [5.41, 5.74) is 7.28. The van der Waals surface area contributed by atoms with Crippen LogP contribution >= 0.6 is 0 Å². The summed E-state index contributed by atoms with van der Waals surface area (Å²) >= 11 is 0. The molecule has 0 amide bonds. The van der Waals surface area contributed by atoms with Gasteiger partial charge in [-0.1, -0.05) is 24.3 Å². The highest BCUT2D eigenvalue weighted by atomic mass is 19.4. The van der Waals surface area contributed by atoms with E-state index in [4.69, 9.17) is 11.5 Å². The highest BCUT2D eigenvalue weighted by molar-refractivity contribution is 5.50. The first kappa shape index (κ1) is 19.9. The Kier molecular flexibility index (Phi) is 4.64. The Bertz CT molecular complexity index is 720. The summed E-state index contributed by atoms with van der Waals surface area (Å²) in [5.74, 6) is -11.8. The van der Waals surface area contributed by atoms with Crippen LogP contribution in [0.2, 0.25) is 0 Å². The Morgan fingerprint density at radius 2 is 0.885 bits per heavy atom. The highest BCUT2D eigenvalue weighted by Crippen LogP contribution is 2.57. The number of nitrogens with two attached hydrogens (primary N) is 2. The van der Waals surface area contributed by atoms with Crippen LogP contribution in [0.5, 0.6) is 0 Å². The van der Waals surface area contributed by atoms with E-state index in [2.05, 4.69) is 0 Å². The van der Waals surface area contributed by atoms with Gasteiger partial charge in [0.2, 0.25) is 0 Å².